The molecule has 0 bridgehead atoms. The molecule has 2 fully saturated rings. The maximum atomic E-state index is 13.0. The van der Waals surface area contributed by atoms with Gasteiger partial charge in [0.05, 0.1) is 12.3 Å². The first-order valence-electron chi connectivity index (χ1n) is 12.1. The first kappa shape index (κ1) is 26.6. The molecule has 35 heavy (non-hydrogen) atoms. The van der Waals surface area contributed by atoms with Crippen molar-refractivity contribution in [2.75, 3.05) is 37.9 Å². The maximum absolute atomic E-state index is 13.0. The van der Waals surface area contributed by atoms with Gasteiger partial charge < -0.3 is 9.47 Å². The van der Waals surface area contributed by atoms with E-state index in [2.05, 4.69) is 17.2 Å². The number of likely N-dealkylation sites (tertiary alicyclic amines) is 1. The molecule has 0 atom stereocenters. The number of ether oxygens (including phenoxy) is 2. The van der Waals surface area contributed by atoms with Crippen molar-refractivity contribution >= 4 is 36.0 Å². The van der Waals surface area contributed by atoms with Gasteiger partial charge in [0.15, 0.2) is 0 Å². The van der Waals surface area contributed by atoms with Crippen molar-refractivity contribution in [3.63, 3.8) is 0 Å². The van der Waals surface area contributed by atoms with Crippen LogP contribution in [0.25, 0.3) is 6.08 Å². The number of carbonyl (C=O) groups excluding carboxylic acids is 2. The van der Waals surface area contributed by atoms with Gasteiger partial charge in [-0.15, -0.1) is 12.4 Å². The SMILES string of the molecule is CCCOc1ccc(C=C2C(=O)NN(c3ccccc3)C2=O)c(OCCN2CCCCC2)c1C.Cl. The number of nitrogens with zero attached hydrogens (tertiary/aromatic N) is 2. The second-order valence-corrected chi connectivity index (χ2v) is 8.68. The number of rotatable bonds is 9. The standard InChI is InChI=1S/C27H33N3O4.ClH/c1-3-17-33-24-13-12-21(25(20(24)2)34-18-16-29-14-8-5-9-15-29)19-23-26(31)28-30(27(23)32)22-10-6-4-7-11-22;/h4,6-7,10-13,19H,3,5,8-9,14-18H2,1-2H3,(H,28,31);1H. The fraction of sp³-hybridized carbons (Fsp3) is 0.407. The molecule has 2 aromatic carbocycles. The Labute approximate surface area is 213 Å². The fourth-order valence-electron chi connectivity index (χ4n) is 4.30. The average molecular weight is 500 g/mol. The Morgan fingerprint density at radius 1 is 0.971 bits per heavy atom. The molecule has 2 aliphatic heterocycles. The Kier molecular flexibility index (Phi) is 9.57. The second kappa shape index (κ2) is 12.6. The van der Waals surface area contributed by atoms with E-state index in [0.29, 0.717) is 30.2 Å². The highest BCUT2D eigenvalue weighted by atomic mass is 35.5. The second-order valence-electron chi connectivity index (χ2n) is 8.68. The number of anilines is 1. The quantitative estimate of drug-likeness (QED) is 0.405. The van der Waals surface area contributed by atoms with E-state index in [1.165, 1.54) is 24.3 Å². The largest absolute Gasteiger partial charge is 0.493 e. The zero-order valence-electron chi connectivity index (χ0n) is 20.4. The number of piperidine rings is 1. The number of nitrogens with one attached hydrogen (secondary N) is 1. The number of hydrogen-bond acceptors (Lipinski definition) is 5. The van der Waals surface area contributed by atoms with Crippen LogP contribution in [0.15, 0.2) is 48.0 Å². The number of amides is 2. The molecule has 0 unspecified atom stereocenters. The van der Waals surface area contributed by atoms with E-state index in [0.717, 1.165) is 37.4 Å². The highest BCUT2D eigenvalue weighted by molar-refractivity contribution is 6.31. The maximum Gasteiger partial charge on any atom is 0.282 e. The molecule has 188 valence electrons. The molecule has 4 rings (SSSR count). The highest BCUT2D eigenvalue weighted by Gasteiger charge is 2.34. The smallest absolute Gasteiger partial charge is 0.282 e. The van der Waals surface area contributed by atoms with Gasteiger partial charge in [-0.3, -0.25) is 19.9 Å². The third-order valence-corrected chi connectivity index (χ3v) is 6.16. The van der Waals surface area contributed by atoms with Crippen LogP contribution >= 0.6 is 12.4 Å². The van der Waals surface area contributed by atoms with Crippen molar-refractivity contribution in [1.29, 1.82) is 0 Å². The van der Waals surface area contributed by atoms with Gasteiger partial charge in [0.1, 0.15) is 23.7 Å². The number of halogens is 1. The molecule has 0 aliphatic carbocycles. The van der Waals surface area contributed by atoms with Gasteiger partial charge in [-0.1, -0.05) is 31.5 Å². The van der Waals surface area contributed by atoms with Gasteiger partial charge >= 0.3 is 0 Å². The van der Waals surface area contributed by atoms with Crippen LogP contribution in [0.5, 0.6) is 11.5 Å². The van der Waals surface area contributed by atoms with Crippen LogP contribution < -0.4 is 19.9 Å². The van der Waals surface area contributed by atoms with Gasteiger partial charge in [0, 0.05) is 17.7 Å². The third-order valence-electron chi connectivity index (χ3n) is 6.16. The summed E-state index contributed by atoms with van der Waals surface area (Å²) in [6.07, 6.45) is 6.27. The Bertz CT molecular complexity index is 1050. The minimum absolute atomic E-state index is 0. The van der Waals surface area contributed by atoms with Gasteiger partial charge in [-0.05, 0) is 69.6 Å². The van der Waals surface area contributed by atoms with Crippen LogP contribution in [0, 0.1) is 6.92 Å². The van der Waals surface area contributed by atoms with E-state index < -0.39 is 5.91 Å². The van der Waals surface area contributed by atoms with Gasteiger partial charge in [-0.25, -0.2) is 5.01 Å². The van der Waals surface area contributed by atoms with Crippen LogP contribution in [0.2, 0.25) is 0 Å². The van der Waals surface area contributed by atoms with Crippen molar-refractivity contribution in [2.45, 2.75) is 39.5 Å². The van der Waals surface area contributed by atoms with Crippen molar-refractivity contribution in [1.82, 2.24) is 10.3 Å². The molecule has 0 radical (unpaired) electrons. The van der Waals surface area contributed by atoms with E-state index in [9.17, 15) is 9.59 Å². The minimum atomic E-state index is -0.433. The number of hydrogen-bond donors (Lipinski definition) is 1. The lowest BCUT2D eigenvalue weighted by Crippen LogP contribution is -2.35. The topological polar surface area (TPSA) is 71.1 Å². The summed E-state index contributed by atoms with van der Waals surface area (Å²) in [5.41, 5.74) is 4.90. The number of para-hydroxylation sites is 1. The zero-order chi connectivity index (χ0) is 23.9. The minimum Gasteiger partial charge on any atom is -0.493 e. The highest BCUT2D eigenvalue weighted by Crippen LogP contribution is 2.34. The van der Waals surface area contributed by atoms with Gasteiger partial charge in [0.2, 0.25) is 0 Å². The van der Waals surface area contributed by atoms with E-state index in [1.807, 2.05) is 37.3 Å². The lowest BCUT2D eigenvalue weighted by Gasteiger charge is -2.26. The predicted molar refractivity (Wildman–Crippen MR) is 140 cm³/mol. The summed E-state index contributed by atoms with van der Waals surface area (Å²) >= 11 is 0. The van der Waals surface area contributed by atoms with Crippen molar-refractivity contribution < 1.29 is 19.1 Å². The number of carbonyl (C=O) groups is 2. The summed E-state index contributed by atoms with van der Waals surface area (Å²) < 4.78 is 12.2. The molecule has 7 nitrogen and oxygen atoms in total. The summed E-state index contributed by atoms with van der Waals surface area (Å²) in [4.78, 5) is 28.1. The first-order valence-corrected chi connectivity index (χ1v) is 12.1. The van der Waals surface area contributed by atoms with Gasteiger partial charge in [0.25, 0.3) is 11.8 Å². The molecule has 2 aromatic rings. The molecular formula is C27H34ClN3O4. The Hall–Kier alpha value is -3.03. The lowest BCUT2D eigenvalue weighted by atomic mass is 10.0. The van der Waals surface area contributed by atoms with Crippen LogP contribution in [0.4, 0.5) is 5.69 Å². The number of hydrazine groups is 1. The zero-order valence-corrected chi connectivity index (χ0v) is 21.2. The summed E-state index contributed by atoms with van der Waals surface area (Å²) in [5.74, 6) is 0.582. The molecule has 2 aliphatic rings. The Morgan fingerprint density at radius 2 is 1.71 bits per heavy atom. The first-order chi connectivity index (χ1) is 16.6. The summed E-state index contributed by atoms with van der Waals surface area (Å²) in [5, 5.41) is 1.27. The fourth-order valence-corrected chi connectivity index (χ4v) is 4.30. The average Bonchev–Trinajstić information content (AvgIpc) is 3.14. The summed E-state index contributed by atoms with van der Waals surface area (Å²) in [6, 6.07) is 12.8. The van der Waals surface area contributed by atoms with Crippen molar-refractivity contribution in [3.05, 3.63) is 59.2 Å². The number of benzene rings is 2. The van der Waals surface area contributed by atoms with Crippen LogP contribution in [-0.4, -0.2) is 49.6 Å². The van der Waals surface area contributed by atoms with Crippen LogP contribution in [-0.2, 0) is 9.59 Å². The van der Waals surface area contributed by atoms with Gasteiger partial charge in [-0.2, -0.15) is 0 Å². The van der Waals surface area contributed by atoms with Crippen molar-refractivity contribution in [2.24, 2.45) is 0 Å². The molecule has 0 aromatic heterocycles. The molecular weight excluding hydrogens is 466 g/mol. The molecule has 0 spiro atoms. The lowest BCUT2D eigenvalue weighted by molar-refractivity contribution is -0.117. The molecule has 2 amide bonds. The molecule has 0 saturated carbocycles. The van der Waals surface area contributed by atoms with Crippen LogP contribution in [0.1, 0.15) is 43.7 Å². The summed E-state index contributed by atoms with van der Waals surface area (Å²) in [6.45, 7) is 8.21. The van der Waals surface area contributed by atoms with Crippen molar-refractivity contribution in [3.8, 4) is 11.5 Å². The Morgan fingerprint density at radius 3 is 2.43 bits per heavy atom. The van der Waals surface area contributed by atoms with Crippen LogP contribution in [0.3, 0.4) is 0 Å². The molecule has 2 saturated heterocycles. The molecule has 1 N–H and O–H groups in total. The summed E-state index contributed by atoms with van der Waals surface area (Å²) in [7, 11) is 0. The molecule has 8 heteroatoms. The Balaban J connectivity index is 0.00000342. The monoisotopic (exact) mass is 499 g/mol. The normalized spacial score (nSPS) is 17.3. The van der Waals surface area contributed by atoms with E-state index in [4.69, 9.17) is 9.47 Å². The van der Waals surface area contributed by atoms with E-state index in [-0.39, 0.29) is 23.9 Å². The third kappa shape index (κ3) is 6.35. The van der Waals surface area contributed by atoms with E-state index >= 15 is 0 Å². The molecule has 2 heterocycles. The predicted octanol–water partition coefficient (Wildman–Crippen LogP) is 4.53. The van der Waals surface area contributed by atoms with E-state index in [1.54, 1.807) is 18.2 Å².